The largest absolute Gasteiger partial charge is 0.352 e. The second kappa shape index (κ2) is 7.17. The topological polar surface area (TPSA) is 6.48 Å². The smallest absolute Gasteiger partial charge is 0.127 e. The fraction of sp³-hybridized carbons (Fsp3) is 0.364. The Labute approximate surface area is 167 Å². The Bertz CT molecular complexity index is 856. The van der Waals surface area contributed by atoms with E-state index in [1.54, 1.807) is 0 Å². The highest BCUT2D eigenvalue weighted by atomic mass is 35.5. The third-order valence-corrected chi connectivity index (χ3v) is 6.26. The van der Waals surface area contributed by atoms with Crippen molar-refractivity contribution in [1.29, 1.82) is 0 Å². The van der Waals surface area contributed by atoms with Crippen molar-refractivity contribution >= 4 is 28.9 Å². The molecule has 138 valence electrons. The van der Waals surface area contributed by atoms with Gasteiger partial charge in [0.25, 0.3) is 0 Å². The minimum Gasteiger partial charge on any atom is -0.352 e. The van der Waals surface area contributed by atoms with Crippen molar-refractivity contribution < 1.29 is 0 Å². The van der Waals surface area contributed by atoms with Gasteiger partial charge in [-0.15, -0.1) is 0 Å². The van der Waals surface area contributed by atoms with Crippen LogP contribution >= 0.6 is 23.2 Å². The summed E-state index contributed by atoms with van der Waals surface area (Å²) in [6.45, 7) is 8.52. The summed E-state index contributed by atoms with van der Waals surface area (Å²) in [5, 5.41) is 1.49. The number of nitrogens with zero attached hydrogens (tertiary/aromatic N) is 2. The number of rotatable bonds is 3. The molecule has 2 nitrogen and oxygen atoms in total. The second-order valence-electron chi connectivity index (χ2n) is 7.36. The molecule has 3 rings (SSSR count). The summed E-state index contributed by atoms with van der Waals surface area (Å²) in [5.41, 5.74) is 6.89. The summed E-state index contributed by atoms with van der Waals surface area (Å²) in [4.78, 5) is 4.64. The van der Waals surface area contributed by atoms with Crippen molar-refractivity contribution in [2.45, 2.75) is 39.8 Å². The molecule has 0 N–H and O–H groups in total. The fourth-order valence-electron chi connectivity index (χ4n) is 3.85. The molecule has 0 saturated carbocycles. The summed E-state index contributed by atoms with van der Waals surface area (Å²) >= 11 is 13.3. The zero-order valence-electron chi connectivity index (χ0n) is 16.3. The van der Waals surface area contributed by atoms with E-state index in [-0.39, 0.29) is 6.17 Å². The van der Waals surface area contributed by atoms with Crippen LogP contribution in [0.5, 0.6) is 0 Å². The van der Waals surface area contributed by atoms with Gasteiger partial charge in [-0.2, -0.15) is 0 Å². The van der Waals surface area contributed by atoms with Crippen LogP contribution in [0.4, 0.5) is 0 Å². The Morgan fingerprint density at radius 1 is 0.962 bits per heavy atom. The predicted molar refractivity (Wildman–Crippen MR) is 113 cm³/mol. The lowest BCUT2D eigenvalue weighted by atomic mass is 9.92. The lowest BCUT2D eigenvalue weighted by molar-refractivity contribution is 0.205. The molecule has 1 atom stereocenters. The lowest BCUT2D eigenvalue weighted by Gasteiger charge is -2.31. The van der Waals surface area contributed by atoms with Crippen molar-refractivity contribution in [1.82, 2.24) is 9.80 Å². The maximum atomic E-state index is 6.84. The van der Waals surface area contributed by atoms with Gasteiger partial charge in [0.15, 0.2) is 0 Å². The van der Waals surface area contributed by atoms with Gasteiger partial charge in [-0.3, -0.25) is 0 Å². The van der Waals surface area contributed by atoms with E-state index >= 15 is 0 Å². The van der Waals surface area contributed by atoms with Gasteiger partial charge in [0.2, 0.25) is 0 Å². The SMILES string of the molecule is CC1=C(c2c(C(C)C)cc(Cl)c(C)c2Cl)N(C)C(c2ccccc2)N1C. The molecule has 4 heteroatoms. The van der Waals surface area contributed by atoms with Gasteiger partial charge in [-0.1, -0.05) is 67.4 Å². The van der Waals surface area contributed by atoms with E-state index in [1.165, 1.54) is 22.5 Å². The van der Waals surface area contributed by atoms with Gasteiger partial charge < -0.3 is 9.80 Å². The molecule has 0 radical (unpaired) electrons. The van der Waals surface area contributed by atoms with Gasteiger partial charge in [-0.05, 0) is 42.5 Å². The van der Waals surface area contributed by atoms with Crippen LogP contribution in [0.2, 0.25) is 10.0 Å². The Kier molecular flexibility index (Phi) is 5.28. The first kappa shape index (κ1) is 19.1. The van der Waals surface area contributed by atoms with Gasteiger partial charge in [0.1, 0.15) is 6.17 Å². The number of benzene rings is 2. The molecule has 1 aliphatic rings. The van der Waals surface area contributed by atoms with Gasteiger partial charge >= 0.3 is 0 Å². The monoisotopic (exact) mass is 388 g/mol. The Hall–Kier alpha value is -1.64. The minimum absolute atomic E-state index is 0.151. The maximum absolute atomic E-state index is 6.84. The summed E-state index contributed by atoms with van der Waals surface area (Å²) in [6, 6.07) is 12.6. The van der Waals surface area contributed by atoms with Gasteiger partial charge in [0.05, 0.1) is 10.7 Å². The highest BCUT2D eigenvalue weighted by molar-refractivity contribution is 6.37. The molecule has 1 heterocycles. The molecule has 0 saturated heterocycles. The quantitative estimate of drug-likeness (QED) is 0.577. The normalized spacial score (nSPS) is 17.7. The van der Waals surface area contributed by atoms with E-state index in [0.29, 0.717) is 5.92 Å². The molecule has 0 amide bonds. The zero-order chi connectivity index (χ0) is 19.2. The molecule has 0 spiro atoms. The molecule has 0 fully saturated rings. The Morgan fingerprint density at radius 2 is 1.58 bits per heavy atom. The van der Waals surface area contributed by atoms with Crippen molar-refractivity contribution in [3.63, 3.8) is 0 Å². The molecule has 26 heavy (non-hydrogen) atoms. The third-order valence-electron chi connectivity index (χ3n) is 5.39. The Morgan fingerprint density at radius 3 is 2.15 bits per heavy atom. The Balaban J connectivity index is 2.20. The van der Waals surface area contributed by atoms with E-state index in [0.717, 1.165) is 21.2 Å². The van der Waals surface area contributed by atoms with Crippen molar-refractivity contribution in [2.24, 2.45) is 0 Å². The van der Waals surface area contributed by atoms with Crippen LogP contribution in [0.25, 0.3) is 5.70 Å². The number of hydrogen-bond donors (Lipinski definition) is 0. The summed E-state index contributed by atoms with van der Waals surface area (Å²) in [6.07, 6.45) is 0.151. The van der Waals surface area contributed by atoms with Crippen LogP contribution in [-0.2, 0) is 0 Å². The average Bonchev–Trinajstić information content (AvgIpc) is 2.83. The molecule has 0 aliphatic carbocycles. The zero-order valence-corrected chi connectivity index (χ0v) is 17.8. The van der Waals surface area contributed by atoms with Crippen molar-refractivity contribution in [3.05, 3.63) is 74.4 Å². The molecule has 1 aliphatic heterocycles. The maximum Gasteiger partial charge on any atom is 0.127 e. The highest BCUT2D eigenvalue weighted by Gasteiger charge is 2.35. The molecular formula is C22H26Cl2N2. The molecule has 1 unspecified atom stereocenters. The van der Waals surface area contributed by atoms with E-state index in [4.69, 9.17) is 23.2 Å². The van der Waals surface area contributed by atoms with Crippen LogP contribution in [0.3, 0.4) is 0 Å². The fourth-order valence-corrected chi connectivity index (χ4v) is 4.41. The van der Waals surface area contributed by atoms with Crippen molar-refractivity contribution in [2.75, 3.05) is 14.1 Å². The first-order valence-electron chi connectivity index (χ1n) is 8.96. The standard InChI is InChI=1S/C22H26Cl2N2/c1-13(2)17-12-18(23)14(3)20(24)19(17)21-15(4)25(5)22(26(21)6)16-10-8-7-9-11-16/h7-13,22H,1-6H3. The third kappa shape index (κ3) is 3.00. The second-order valence-corrected chi connectivity index (χ2v) is 8.14. The van der Waals surface area contributed by atoms with Crippen LogP contribution in [0.1, 0.15) is 55.1 Å². The van der Waals surface area contributed by atoms with Crippen LogP contribution < -0.4 is 0 Å². The summed E-state index contributed by atoms with van der Waals surface area (Å²) < 4.78 is 0. The van der Waals surface area contributed by atoms with Gasteiger partial charge in [0, 0.05) is 30.4 Å². The molecule has 0 bridgehead atoms. The molecular weight excluding hydrogens is 363 g/mol. The molecule has 0 aromatic heterocycles. The summed E-state index contributed by atoms with van der Waals surface area (Å²) in [5.74, 6) is 0.329. The van der Waals surface area contributed by atoms with Crippen LogP contribution in [-0.4, -0.2) is 23.9 Å². The van der Waals surface area contributed by atoms with Crippen molar-refractivity contribution in [3.8, 4) is 0 Å². The molecule has 2 aromatic carbocycles. The van der Waals surface area contributed by atoms with E-state index in [9.17, 15) is 0 Å². The highest BCUT2D eigenvalue weighted by Crippen LogP contribution is 2.47. The first-order valence-corrected chi connectivity index (χ1v) is 9.71. The predicted octanol–water partition coefficient (Wildman–Crippen LogP) is 6.69. The summed E-state index contributed by atoms with van der Waals surface area (Å²) in [7, 11) is 4.28. The average molecular weight is 389 g/mol. The van der Waals surface area contributed by atoms with Gasteiger partial charge in [-0.25, -0.2) is 0 Å². The number of allylic oxidation sites excluding steroid dienone is 1. The number of halogens is 2. The van der Waals surface area contributed by atoms with Crippen LogP contribution in [0, 0.1) is 6.92 Å². The van der Waals surface area contributed by atoms with E-state index in [1.807, 2.05) is 6.92 Å². The minimum atomic E-state index is 0.151. The van der Waals surface area contributed by atoms with Crippen LogP contribution in [0.15, 0.2) is 42.1 Å². The van der Waals surface area contributed by atoms with E-state index in [2.05, 4.69) is 81.1 Å². The van der Waals surface area contributed by atoms with E-state index < -0.39 is 0 Å². The first-order chi connectivity index (χ1) is 12.3. The molecule has 2 aromatic rings. The lowest BCUT2D eigenvalue weighted by Crippen LogP contribution is -2.27. The number of hydrogen-bond acceptors (Lipinski definition) is 2.